The van der Waals surface area contributed by atoms with Crippen LogP contribution in [0.3, 0.4) is 0 Å². The smallest absolute Gasteiger partial charge is 0.251 e. The zero-order valence-corrected chi connectivity index (χ0v) is 16.5. The standard InChI is InChI=1S/C20H27N3O3S/c1-27(25,26)22-11-14-23-12-9-16(10-13-23)15-21-20(24)19-8-4-6-17-5-2-3-7-18(17)19/h2-8,16,22H,9-15H2,1H3,(H,21,24). The second-order valence-corrected chi connectivity index (χ2v) is 9.02. The Morgan fingerprint density at radius 3 is 2.56 bits per heavy atom. The van der Waals surface area contributed by atoms with Gasteiger partial charge in [0.1, 0.15) is 0 Å². The third-order valence-corrected chi connectivity index (χ3v) is 5.81. The zero-order valence-electron chi connectivity index (χ0n) is 15.6. The zero-order chi connectivity index (χ0) is 19.3. The molecule has 27 heavy (non-hydrogen) atoms. The Bertz CT molecular complexity index is 885. The topological polar surface area (TPSA) is 78.5 Å². The van der Waals surface area contributed by atoms with Crippen LogP contribution in [-0.4, -0.2) is 58.2 Å². The van der Waals surface area contributed by atoms with Crippen LogP contribution in [0.5, 0.6) is 0 Å². The number of nitrogens with one attached hydrogen (secondary N) is 2. The number of sulfonamides is 1. The van der Waals surface area contributed by atoms with E-state index in [-0.39, 0.29) is 5.91 Å². The Labute approximate surface area is 161 Å². The molecule has 2 aromatic carbocycles. The van der Waals surface area contributed by atoms with E-state index in [0.717, 1.165) is 48.8 Å². The van der Waals surface area contributed by atoms with Crippen molar-refractivity contribution >= 4 is 26.7 Å². The van der Waals surface area contributed by atoms with Crippen LogP contribution >= 0.6 is 0 Å². The number of benzene rings is 2. The highest BCUT2D eigenvalue weighted by atomic mass is 32.2. The van der Waals surface area contributed by atoms with E-state index in [1.807, 2.05) is 42.5 Å². The van der Waals surface area contributed by atoms with Crippen molar-refractivity contribution in [3.8, 4) is 0 Å². The molecule has 0 saturated carbocycles. The number of fused-ring (bicyclic) bond motifs is 1. The fourth-order valence-corrected chi connectivity index (χ4v) is 4.02. The van der Waals surface area contributed by atoms with Crippen molar-refractivity contribution in [2.45, 2.75) is 12.8 Å². The number of amides is 1. The van der Waals surface area contributed by atoms with Gasteiger partial charge in [-0.2, -0.15) is 0 Å². The van der Waals surface area contributed by atoms with Gasteiger partial charge in [-0.25, -0.2) is 13.1 Å². The predicted octanol–water partition coefficient (Wildman–Crippen LogP) is 1.83. The summed E-state index contributed by atoms with van der Waals surface area (Å²) in [6, 6.07) is 13.7. The normalized spacial score (nSPS) is 16.5. The Kier molecular flexibility index (Phi) is 6.46. The molecule has 0 atom stereocenters. The van der Waals surface area contributed by atoms with Crippen LogP contribution in [0.15, 0.2) is 42.5 Å². The fourth-order valence-electron chi connectivity index (χ4n) is 3.56. The maximum absolute atomic E-state index is 12.6. The highest BCUT2D eigenvalue weighted by Crippen LogP contribution is 2.19. The number of carbonyl (C=O) groups excluding carboxylic acids is 1. The second-order valence-electron chi connectivity index (χ2n) is 7.19. The molecule has 1 amide bonds. The lowest BCUT2D eigenvalue weighted by Gasteiger charge is -2.32. The Hall–Kier alpha value is -1.96. The molecule has 2 aromatic rings. The molecule has 1 saturated heterocycles. The Balaban J connectivity index is 1.45. The molecule has 1 heterocycles. The van der Waals surface area contributed by atoms with Gasteiger partial charge in [0, 0.05) is 25.2 Å². The van der Waals surface area contributed by atoms with Gasteiger partial charge in [0.2, 0.25) is 10.0 Å². The maximum Gasteiger partial charge on any atom is 0.251 e. The average Bonchev–Trinajstić information content (AvgIpc) is 2.65. The molecule has 0 unspecified atom stereocenters. The van der Waals surface area contributed by atoms with E-state index >= 15 is 0 Å². The molecule has 1 aliphatic rings. The van der Waals surface area contributed by atoms with Crippen LogP contribution < -0.4 is 10.0 Å². The lowest BCUT2D eigenvalue weighted by Crippen LogP contribution is -2.41. The van der Waals surface area contributed by atoms with Crippen LogP contribution in [0, 0.1) is 5.92 Å². The van der Waals surface area contributed by atoms with Crippen molar-refractivity contribution in [3.63, 3.8) is 0 Å². The SMILES string of the molecule is CS(=O)(=O)NCCN1CCC(CNC(=O)c2cccc3ccccc23)CC1. The lowest BCUT2D eigenvalue weighted by molar-refractivity contribution is 0.0938. The highest BCUT2D eigenvalue weighted by molar-refractivity contribution is 7.88. The van der Waals surface area contributed by atoms with E-state index in [0.29, 0.717) is 19.0 Å². The molecule has 3 rings (SSSR count). The van der Waals surface area contributed by atoms with Gasteiger partial charge in [0.25, 0.3) is 5.91 Å². The van der Waals surface area contributed by atoms with E-state index < -0.39 is 10.0 Å². The molecule has 0 bridgehead atoms. The van der Waals surface area contributed by atoms with Gasteiger partial charge in [-0.15, -0.1) is 0 Å². The fraction of sp³-hybridized carbons (Fsp3) is 0.450. The van der Waals surface area contributed by atoms with Crippen LogP contribution in [-0.2, 0) is 10.0 Å². The van der Waals surface area contributed by atoms with Crippen molar-refractivity contribution in [1.82, 2.24) is 14.9 Å². The largest absolute Gasteiger partial charge is 0.352 e. The summed E-state index contributed by atoms with van der Waals surface area (Å²) in [5.41, 5.74) is 0.720. The first-order valence-corrected chi connectivity index (χ1v) is 11.2. The number of rotatable bonds is 7. The maximum atomic E-state index is 12.6. The van der Waals surface area contributed by atoms with Gasteiger partial charge in [-0.05, 0) is 48.7 Å². The van der Waals surface area contributed by atoms with Crippen molar-refractivity contribution in [1.29, 1.82) is 0 Å². The van der Waals surface area contributed by atoms with E-state index in [2.05, 4.69) is 14.9 Å². The molecule has 1 aliphatic heterocycles. The number of nitrogens with zero attached hydrogens (tertiary/aromatic N) is 1. The minimum Gasteiger partial charge on any atom is -0.352 e. The molecule has 2 N–H and O–H groups in total. The Morgan fingerprint density at radius 2 is 1.81 bits per heavy atom. The molecule has 0 aromatic heterocycles. The van der Waals surface area contributed by atoms with Crippen molar-refractivity contribution < 1.29 is 13.2 Å². The van der Waals surface area contributed by atoms with Crippen molar-refractivity contribution in [2.24, 2.45) is 5.92 Å². The first-order chi connectivity index (χ1) is 12.9. The monoisotopic (exact) mass is 389 g/mol. The third-order valence-electron chi connectivity index (χ3n) is 5.08. The molecule has 1 fully saturated rings. The molecule has 7 heteroatoms. The van der Waals surface area contributed by atoms with Crippen LogP contribution in [0.2, 0.25) is 0 Å². The summed E-state index contributed by atoms with van der Waals surface area (Å²) in [4.78, 5) is 14.9. The van der Waals surface area contributed by atoms with Crippen LogP contribution in [0.1, 0.15) is 23.2 Å². The number of carbonyl (C=O) groups is 1. The number of hydrogen-bond acceptors (Lipinski definition) is 4. The number of likely N-dealkylation sites (tertiary alicyclic amines) is 1. The van der Waals surface area contributed by atoms with Crippen molar-refractivity contribution in [2.75, 3.05) is 39.0 Å². The number of hydrogen-bond donors (Lipinski definition) is 2. The minimum atomic E-state index is -3.12. The summed E-state index contributed by atoms with van der Waals surface area (Å²) in [5.74, 6) is 0.439. The molecule has 0 radical (unpaired) electrons. The predicted molar refractivity (Wildman–Crippen MR) is 108 cm³/mol. The van der Waals surface area contributed by atoms with Crippen molar-refractivity contribution in [3.05, 3.63) is 48.0 Å². The highest BCUT2D eigenvalue weighted by Gasteiger charge is 2.20. The first kappa shape index (κ1) is 19.8. The Morgan fingerprint density at radius 1 is 1.11 bits per heavy atom. The van der Waals surface area contributed by atoms with Gasteiger partial charge in [0.15, 0.2) is 0 Å². The number of piperidine rings is 1. The molecule has 6 nitrogen and oxygen atoms in total. The second kappa shape index (κ2) is 8.82. The van der Waals surface area contributed by atoms with E-state index in [4.69, 9.17) is 0 Å². The van der Waals surface area contributed by atoms with Crippen LogP contribution in [0.4, 0.5) is 0 Å². The average molecular weight is 390 g/mol. The molecule has 146 valence electrons. The summed E-state index contributed by atoms with van der Waals surface area (Å²) in [6.45, 7) is 3.71. The van der Waals surface area contributed by atoms with Gasteiger partial charge in [-0.1, -0.05) is 36.4 Å². The lowest BCUT2D eigenvalue weighted by atomic mass is 9.96. The van der Waals surface area contributed by atoms with E-state index in [9.17, 15) is 13.2 Å². The van der Waals surface area contributed by atoms with Gasteiger partial charge < -0.3 is 10.2 Å². The van der Waals surface area contributed by atoms with Gasteiger partial charge in [-0.3, -0.25) is 4.79 Å². The molecule has 0 aliphatic carbocycles. The van der Waals surface area contributed by atoms with Gasteiger partial charge in [0.05, 0.1) is 6.26 Å². The minimum absolute atomic E-state index is 0.0217. The summed E-state index contributed by atoms with van der Waals surface area (Å²) >= 11 is 0. The summed E-state index contributed by atoms with van der Waals surface area (Å²) in [6.07, 6.45) is 3.20. The molecule has 0 spiro atoms. The van der Waals surface area contributed by atoms with E-state index in [1.54, 1.807) is 0 Å². The van der Waals surface area contributed by atoms with Crippen LogP contribution in [0.25, 0.3) is 10.8 Å². The summed E-state index contributed by atoms with van der Waals surface area (Å²) in [5, 5.41) is 5.14. The first-order valence-electron chi connectivity index (χ1n) is 9.35. The molecular weight excluding hydrogens is 362 g/mol. The molecular formula is C20H27N3O3S. The third kappa shape index (κ3) is 5.76. The van der Waals surface area contributed by atoms with E-state index in [1.165, 1.54) is 6.26 Å². The summed E-state index contributed by atoms with van der Waals surface area (Å²) < 4.78 is 24.7. The summed E-state index contributed by atoms with van der Waals surface area (Å²) in [7, 11) is -3.12. The van der Waals surface area contributed by atoms with Gasteiger partial charge >= 0.3 is 0 Å². The quantitative estimate of drug-likeness (QED) is 0.757.